The van der Waals surface area contributed by atoms with Crippen molar-refractivity contribution in [1.29, 1.82) is 0 Å². The lowest BCUT2D eigenvalue weighted by Gasteiger charge is -2.29. The zero-order valence-electron chi connectivity index (χ0n) is 16.3. The summed E-state index contributed by atoms with van der Waals surface area (Å²) in [6.07, 6.45) is 5.55. The number of rotatable bonds is 5. The smallest absolute Gasteiger partial charge is 0.244 e. The van der Waals surface area contributed by atoms with Gasteiger partial charge in [-0.1, -0.05) is 23.7 Å². The Morgan fingerprint density at radius 1 is 1.07 bits per heavy atom. The van der Waals surface area contributed by atoms with Crippen molar-refractivity contribution < 1.29 is 13.2 Å². The van der Waals surface area contributed by atoms with Gasteiger partial charge in [0.25, 0.3) is 0 Å². The number of aromatic nitrogens is 1. The summed E-state index contributed by atoms with van der Waals surface area (Å²) in [4.78, 5) is 17.0. The molecule has 1 amide bonds. The molecule has 1 saturated heterocycles. The summed E-state index contributed by atoms with van der Waals surface area (Å²) in [5.41, 5.74) is 0.796. The summed E-state index contributed by atoms with van der Waals surface area (Å²) in [6.45, 7) is 0.652. The van der Waals surface area contributed by atoms with Crippen LogP contribution in [0.5, 0.6) is 0 Å². The van der Waals surface area contributed by atoms with Gasteiger partial charge in [0, 0.05) is 35.9 Å². The normalized spacial score (nSPS) is 17.7. The van der Waals surface area contributed by atoms with Gasteiger partial charge in [0.05, 0.1) is 4.90 Å². The van der Waals surface area contributed by atoms with Crippen LogP contribution in [0, 0.1) is 0 Å². The second kappa shape index (κ2) is 8.71. The average Bonchev–Trinajstić information content (AvgIpc) is 2.96. The molecule has 0 bridgehead atoms. The minimum atomic E-state index is -3.92. The Bertz CT molecular complexity index is 1170. The zero-order valence-corrected chi connectivity index (χ0v) is 17.9. The predicted octanol–water partition coefficient (Wildman–Crippen LogP) is 3.75. The van der Waals surface area contributed by atoms with Gasteiger partial charge >= 0.3 is 0 Å². The summed E-state index contributed by atoms with van der Waals surface area (Å²) in [5.74, 6) is -0.257. The fourth-order valence-corrected chi connectivity index (χ4v) is 5.45. The topological polar surface area (TPSA) is 79.4 Å². The third-order valence-corrected chi connectivity index (χ3v) is 7.44. The highest BCUT2D eigenvalue weighted by molar-refractivity contribution is 7.89. The van der Waals surface area contributed by atoms with Crippen molar-refractivity contribution >= 4 is 38.3 Å². The van der Waals surface area contributed by atoms with Gasteiger partial charge in [-0.25, -0.2) is 8.42 Å². The summed E-state index contributed by atoms with van der Waals surface area (Å²) in [6, 6.07) is 12.9. The van der Waals surface area contributed by atoms with Crippen molar-refractivity contribution in [3.63, 3.8) is 0 Å². The van der Waals surface area contributed by atoms with Gasteiger partial charge in [0.15, 0.2) is 0 Å². The molecule has 1 N–H and O–H groups in total. The number of nitrogens with one attached hydrogen (secondary N) is 1. The Kier molecular flexibility index (Phi) is 6.04. The summed E-state index contributed by atoms with van der Waals surface area (Å²) in [5, 5.41) is 5.24. The van der Waals surface area contributed by atoms with Crippen LogP contribution in [0.1, 0.15) is 24.8 Å². The Morgan fingerprint density at radius 2 is 1.87 bits per heavy atom. The second-order valence-electron chi connectivity index (χ2n) is 7.36. The maximum Gasteiger partial charge on any atom is 0.244 e. The van der Waals surface area contributed by atoms with Gasteiger partial charge in [0.2, 0.25) is 15.9 Å². The van der Waals surface area contributed by atoms with E-state index in [-0.39, 0.29) is 17.3 Å². The maximum atomic E-state index is 13.6. The number of carbonyl (C=O) groups is 1. The van der Waals surface area contributed by atoms with Crippen molar-refractivity contribution in [3.05, 3.63) is 71.5 Å². The molecule has 1 fully saturated rings. The number of amides is 1. The van der Waals surface area contributed by atoms with E-state index in [2.05, 4.69) is 10.3 Å². The fourth-order valence-electron chi connectivity index (χ4n) is 3.72. The second-order valence-corrected chi connectivity index (χ2v) is 9.69. The molecule has 0 saturated carbocycles. The van der Waals surface area contributed by atoms with E-state index in [9.17, 15) is 13.2 Å². The molecule has 0 unspecified atom stereocenters. The van der Waals surface area contributed by atoms with Gasteiger partial charge in [-0.3, -0.25) is 9.78 Å². The van der Waals surface area contributed by atoms with Crippen molar-refractivity contribution in [1.82, 2.24) is 14.6 Å². The number of sulfonamides is 1. The molecule has 1 aromatic heterocycles. The van der Waals surface area contributed by atoms with Gasteiger partial charge in [0.1, 0.15) is 6.04 Å². The molecule has 0 aliphatic carbocycles. The van der Waals surface area contributed by atoms with E-state index < -0.39 is 16.1 Å². The van der Waals surface area contributed by atoms with Crippen LogP contribution in [0.3, 0.4) is 0 Å². The number of fused-ring (bicyclic) bond motifs is 1. The van der Waals surface area contributed by atoms with Crippen molar-refractivity contribution in [3.8, 4) is 0 Å². The van der Waals surface area contributed by atoms with Crippen LogP contribution in [0.2, 0.25) is 5.02 Å². The van der Waals surface area contributed by atoms with Gasteiger partial charge < -0.3 is 5.32 Å². The largest absolute Gasteiger partial charge is 0.355 e. The number of hydrogen-bond donors (Lipinski definition) is 1. The minimum absolute atomic E-state index is 0.0912. The monoisotopic (exact) mass is 443 g/mol. The SMILES string of the molecule is O=C1NCCCC[C@H]1N(Cc1ccc2ccncc2c1)S(=O)(=O)c1ccc(Cl)cc1. The summed E-state index contributed by atoms with van der Waals surface area (Å²) in [7, 11) is -3.92. The van der Waals surface area contributed by atoms with Crippen LogP contribution >= 0.6 is 11.6 Å². The first-order chi connectivity index (χ1) is 14.4. The lowest BCUT2D eigenvalue weighted by atomic mass is 10.1. The van der Waals surface area contributed by atoms with E-state index in [1.54, 1.807) is 24.5 Å². The summed E-state index contributed by atoms with van der Waals surface area (Å²) >= 11 is 5.94. The number of pyridine rings is 1. The van der Waals surface area contributed by atoms with Gasteiger partial charge in [-0.2, -0.15) is 4.31 Å². The Balaban J connectivity index is 1.75. The predicted molar refractivity (Wildman–Crippen MR) is 117 cm³/mol. The molecule has 156 valence electrons. The summed E-state index contributed by atoms with van der Waals surface area (Å²) < 4.78 is 28.4. The molecule has 2 aromatic carbocycles. The maximum absolute atomic E-state index is 13.6. The highest BCUT2D eigenvalue weighted by Crippen LogP contribution is 2.27. The Hall–Kier alpha value is -2.48. The molecule has 0 spiro atoms. The first-order valence-electron chi connectivity index (χ1n) is 9.83. The molecular formula is C22H22ClN3O3S. The van der Waals surface area contributed by atoms with Crippen molar-refractivity contribution in [2.45, 2.75) is 36.7 Å². The van der Waals surface area contributed by atoms with Gasteiger partial charge in [-0.05, 0) is 66.6 Å². The number of benzene rings is 2. The van der Waals surface area contributed by atoms with Crippen LogP contribution < -0.4 is 5.32 Å². The lowest BCUT2D eigenvalue weighted by Crippen LogP contribution is -2.48. The zero-order chi connectivity index (χ0) is 21.1. The van der Waals surface area contributed by atoms with Crippen molar-refractivity contribution in [2.75, 3.05) is 6.54 Å². The molecule has 0 radical (unpaired) electrons. The molecule has 1 aliphatic heterocycles. The first kappa shape index (κ1) is 20.8. The average molecular weight is 444 g/mol. The number of hydrogen-bond acceptors (Lipinski definition) is 4. The quantitative estimate of drug-likeness (QED) is 0.651. The molecule has 3 aromatic rings. The Morgan fingerprint density at radius 3 is 2.67 bits per heavy atom. The molecular weight excluding hydrogens is 422 g/mol. The van der Waals surface area contributed by atoms with Crippen LogP contribution in [0.15, 0.2) is 65.8 Å². The van der Waals surface area contributed by atoms with Crippen LogP contribution in [0.25, 0.3) is 10.8 Å². The van der Waals surface area contributed by atoms with Crippen LogP contribution in [-0.4, -0.2) is 36.2 Å². The number of carbonyl (C=O) groups excluding carboxylic acids is 1. The molecule has 1 aliphatic rings. The van der Waals surface area contributed by atoms with Crippen molar-refractivity contribution in [2.24, 2.45) is 0 Å². The van der Waals surface area contributed by atoms with E-state index in [1.165, 1.54) is 16.4 Å². The van der Waals surface area contributed by atoms with E-state index in [1.807, 2.05) is 24.3 Å². The lowest BCUT2D eigenvalue weighted by molar-refractivity contribution is -0.124. The van der Waals surface area contributed by atoms with Crippen LogP contribution in [0.4, 0.5) is 0 Å². The molecule has 8 heteroatoms. The van der Waals surface area contributed by atoms with Crippen LogP contribution in [-0.2, 0) is 21.4 Å². The van der Waals surface area contributed by atoms with E-state index in [4.69, 9.17) is 11.6 Å². The highest BCUT2D eigenvalue weighted by Gasteiger charge is 2.36. The minimum Gasteiger partial charge on any atom is -0.355 e. The van der Waals surface area contributed by atoms with E-state index in [0.717, 1.165) is 29.2 Å². The number of nitrogens with zero attached hydrogens (tertiary/aromatic N) is 2. The number of halogens is 1. The molecule has 1 atom stereocenters. The van der Waals surface area contributed by atoms with Gasteiger partial charge in [-0.15, -0.1) is 0 Å². The molecule has 6 nitrogen and oxygen atoms in total. The first-order valence-corrected chi connectivity index (χ1v) is 11.6. The van der Waals surface area contributed by atoms with E-state index >= 15 is 0 Å². The fraction of sp³-hybridized carbons (Fsp3) is 0.273. The molecule has 2 heterocycles. The third-order valence-electron chi connectivity index (χ3n) is 5.32. The molecule has 30 heavy (non-hydrogen) atoms. The highest BCUT2D eigenvalue weighted by atomic mass is 35.5. The van der Waals surface area contributed by atoms with E-state index in [0.29, 0.717) is 18.0 Å². The standard InChI is InChI=1S/C22H22ClN3O3S/c23-19-6-8-20(9-7-19)30(28,29)26(21-3-1-2-11-25-22(21)27)15-16-4-5-17-10-12-24-14-18(17)13-16/h4-10,12-14,21H,1-3,11,15H2,(H,25,27)/t21-/m1/s1. The molecule has 4 rings (SSSR count). The third kappa shape index (κ3) is 4.33. The Labute approximate surface area is 180 Å².